The predicted molar refractivity (Wildman–Crippen MR) is 140 cm³/mol. The Morgan fingerprint density at radius 1 is 1.09 bits per heavy atom. The number of thiocarbonyl (C=S) groups is 1. The molecule has 0 saturated carbocycles. The molecule has 3 aromatic carbocycles. The normalized spacial score (nSPS) is 14.7. The van der Waals surface area contributed by atoms with Gasteiger partial charge in [-0.25, -0.2) is 4.79 Å². The number of nitrogens with one attached hydrogen (secondary N) is 1. The van der Waals surface area contributed by atoms with E-state index in [1.165, 1.54) is 23.1 Å². The smallest absolute Gasteiger partial charge is 0.335 e. The molecule has 0 aromatic heterocycles. The molecule has 7 nitrogen and oxygen atoms in total. The number of carbonyl (C=O) groups is 3. The molecule has 1 aliphatic heterocycles. The predicted octanol–water partition coefficient (Wildman–Crippen LogP) is 5.21. The van der Waals surface area contributed by atoms with Crippen LogP contribution in [0.3, 0.4) is 0 Å². The van der Waals surface area contributed by atoms with Crippen LogP contribution in [0.2, 0.25) is 5.02 Å². The minimum Gasteiger partial charge on any atom is -0.488 e. The lowest BCUT2D eigenvalue weighted by Crippen LogP contribution is -2.54. The third-order valence-electron chi connectivity index (χ3n) is 5.05. The fourth-order valence-corrected chi connectivity index (χ4v) is 4.20. The minimum absolute atomic E-state index is 0.0132. The first kappa shape index (κ1) is 24.6. The van der Waals surface area contributed by atoms with Gasteiger partial charge in [0.05, 0.1) is 15.7 Å². The Morgan fingerprint density at radius 3 is 2.40 bits per heavy atom. The van der Waals surface area contributed by atoms with Crippen LogP contribution in [0.4, 0.5) is 5.69 Å². The zero-order chi connectivity index (χ0) is 25.1. The van der Waals surface area contributed by atoms with Gasteiger partial charge in [0.1, 0.15) is 17.9 Å². The van der Waals surface area contributed by atoms with E-state index in [0.717, 1.165) is 5.56 Å². The molecular formula is C25H16BrClN2O5S. The van der Waals surface area contributed by atoms with Gasteiger partial charge in [-0.05, 0) is 93.9 Å². The molecule has 3 aromatic rings. The van der Waals surface area contributed by atoms with Gasteiger partial charge in [0.15, 0.2) is 5.11 Å². The van der Waals surface area contributed by atoms with Crippen LogP contribution in [0.1, 0.15) is 21.5 Å². The van der Waals surface area contributed by atoms with Crippen LogP contribution < -0.4 is 15.0 Å². The molecule has 2 N–H and O–H groups in total. The van der Waals surface area contributed by atoms with E-state index in [1.54, 1.807) is 54.6 Å². The van der Waals surface area contributed by atoms with Crippen LogP contribution in [0, 0.1) is 0 Å². The average molecular weight is 572 g/mol. The summed E-state index contributed by atoms with van der Waals surface area (Å²) in [5.74, 6) is -1.60. The molecule has 176 valence electrons. The number of carboxylic acids is 1. The number of hydrogen-bond acceptors (Lipinski definition) is 5. The molecule has 0 atom stereocenters. The van der Waals surface area contributed by atoms with E-state index < -0.39 is 17.8 Å². The number of benzene rings is 3. The van der Waals surface area contributed by atoms with Gasteiger partial charge < -0.3 is 9.84 Å². The SMILES string of the molecule is O=C1NC(=S)N(c2ccc(Cl)cc2)C(=O)/C1=C/c1ccc(OCc2ccc(C(=O)O)cc2)c(Br)c1. The fraction of sp³-hybridized carbons (Fsp3) is 0.0400. The zero-order valence-corrected chi connectivity index (χ0v) is 21.0. The molecule has 1 heterocycles. The van der Waals surface area contributed by atoms with Crippen molar-refractivity contribution in [1.29, 1.82) is 0 Å². The highest BCUT2D eigenvalue weighted by molar-refractivity contribution is 9.10. The van der Waals surface area contributed by atoms with E-state index in [0.29, 0.717) is 26.5 Å². The Labute approximate surface area is 219 Å². The quantitative estimate of drug-likeness (QED) is 0.240. The number of aromatic carboxylic acids is 1. The van der Waals surface area contributed by atoms with Gasteiger partial charge in [-0.15, -0.1) is 0 Å². The third kappa shape index (κ3) is 5.59. The summed E-state index contributed by atoms with van der Waals surface area (Å²) in [6.07, 6.45) is 1.47. The Balaban J connectivity index is 1.52. The van der Waals surface area contributed by atoms with Gasteiger partial charge in [-0.2, -0.15) is 0 Å². The number of carbonyl (C=O) groups excluding carboxylic acids is 2. The van der Waals surface area contributed by atoms with E-state index in [-0.39, 0.29) is 22.9 Å². The van der Waals surface area contributed by atoms with Crippen LogP contribution in [0.15, 0.2) is 76.8 Å². The van der Waals surface area contributed by atoms with E-state index in [9.17, 15) is 14.4 Å². The summed E-state index contributed by atoms with van der Waals surface area (Å²) >= 11 is 14.6. The number of carboxylic acid groups (broad SMARTS) is 1. The molecular weight excluding hydrogens is 556 g/mol. The minimum atomic E-state index is -0.992. The van der Waals surface area contributed by atoms with Gasteiger partial charge in [0.2, 0.25) is 0 Å². The number of nitrogens with zero attached hydrogens (tertiary/aromatic N) is 1. The maximum atomic E-state index is 13.1. The monoisotopic (exact) mass is 570 g/mol. The van der Waals surface area contributed by atoms with Crippen molar-refractivity contribution in [2.45, 2.75) is 6.61 Å². The Hall–Kier alpha value is -3.53. The van der Waals surface area contributed by atoms with E-state index >= 15 is 0 Å². The Morgan fingerprint density at radius 2 is 1.77 bits per heavy atom. The third-order valence-corrected chi connectivity index (χ3v) is 6.20. The first-order valence-corrected chi connectivity index (χ1v) is 11.7. The molecule has 0 bridgehead atoms. The fourth-order valence-electron chi connectivity index (χ4n) is 3.28. The summed E-state index contributed by atoms with van der Waals surface area (Å²) in [7, 11) is 0. The van der Waals surface area contributed by atoms with Crippen molar-refractivity contribution in [3.63, 3.8) is 0 Å². The second-order valence-electron chi connectivity index (χ2n) is 7.41. The zero-order valence-electron chi connectivity index (χ0n) is 17.8. The Bertz CT molecular complexity index is 1370. The van der Waals surface area contributed by atoms with E-state index in [1.807, 2.05) is 0 Å². The molecule has 0 spiro atoms. The maximum absolute atomic E-state index is 13.1. The molecule has 1 aliphatic rings. The molecule has 1 saturated heterocycles. The van der Waals surface area contributed by atoms with Gasteiger partial charge in [0, 0.05) is 5.02 Å². The first-order chi connectivity index (χ1) is 16.7. The maximum Gasteiger partial charge on any atom is 0.335 e. The summed E-state index contributed by atoms with van der Waals surface area (Å²) in [5.41, 5.74) is 2.00. The van der Waals surface area contributed by atoms with Gasteiger partial charge in [0.25, 0.3) is 11.8 Å². The highest BCUT2D eigenvalue weighted by atomic mass is 79.9. The topological polar surface area (TPSA) is 95.9 Å². The van der Waals surface area contributed by atoms with Crippen molar-refractivity contribution < 1.29 is 24.2 Å². The van der Waals surface area contributed by atoms with Crippen molar-refractivity contribution in [1.82, 2.24) is 5.32 Å². The molecule has 2 amide bonds. The standard InChI is InChI=1S/C25H16BrClN2O5S/c26-20-12-15(3-10-21(20)34-13-14-1-4-16(5-2-14)24(32)33)11-19-22(30)28-25(35)29(23(19)31)18-8-6-17(27)7-9-18/h1-12H,13H2,(H,32,33)(H,28,30,35)/b19-11+. The highest BCUT2D eigenvalue weighted by Gasteiger charge is 2.34. The molecule has 0 aliphatic carbocycles. The number of halogens is 2. The summed E-state index contributed by atoms with van der Waals surface area (Å²) in [6, 6.07) is 18.0. The summed E-state index contributed by atoms with van der Waals surface area (Å²) in [6.45, 7) is 0.229. The lowest BCUT2D eigenvalue weighted by Gasteiger charge is -2.29. The second-order valence-corrected chi connectivity index (χ2v) is 9.09. The molecule has 35 heavy (non-hydrogen) atoms. The molecule has 0 radical (unpaired) electrons. The first-order valence-electron chi connectivity index (χ1n) is 10.1. The number of ether oxygens (including phenoxy) is 1. The largest absolute Gasteiger partial charge is 0.488 e. The van der Waals surface area contributed by atoms with Gasteiger partial charge in [-0.3, -0.25) is 19.8 Å². The number of anilines is 1. The van der Waals surface area contributed by atoms with Crippen molar-refractivity contribution in [2.75, 3.05) is 4.90 Å². The number of hydrogen-bond donors (Lipinski definition) is 2. The van der Waals surface area contributed by atoms with Gasteiger partial charge in [-0.1, -0.05) is 29.8 Å². The van der Waals surface area contributed by atoms with Crippen molar-refractivity contribution in [3.8, 4) is 5.75 Å². The van der Waals surface area contributed by atoms with Crippen LogP contribution >= 0.6 is 39.7 Å². The molecule has 1 fully saturated rings. The van der Waals surface area contributed by atoms with Gasteiger partial charge >= 0.3 is 5.97 Å². The van der Waals surface area contributed by atoms with Crippen molar-refractivity contribution in [2.24, 2.45) is 0 Å². The summed E-state index contributed by atoms with van der Waals surface area (Å²) < 4.78 is 6.43. The lowest BCUT2D eigenvalue weighted by molar-refractivity contribution is -0.122. The summed E-state index contributed by atoms with van der Waals surface area (Å²) in [4.78, 5) is 37.8. The van der Waals surface area contributed by atoms with Crippen molar-refractivity contribution in [3.05, 3.63) is 98.5 Å². The average Bonchev–Trinajstić information content (AvgIpc) is 2.82. The van der Waals surface area contributed by atoms with Crippen LogP contribution in [0.25, 0.3) is 6.08 Å². The number of rotatable bonds is 6. The molecule has 10 heteroatoms. The summed E-state index contributed by atoms with van der Waals surface area (Å²) in [5, 5.41) is 12.0. The second kappa shape index (κ2) is 10.4. The van der Waals surface area contributed by atoms with E-state index in [4.69, 9.17) is 33.7 Å². The van der Waals surface area contributed by atoms with Crippen LogP contribution in [-0.4, -0.2) is 28.0 Å². The van der Waals surface area contributed by atoms with Crippen LogP contribution in [0.5, 0.6) is 5.75 Å². The van der Waals surface area contributed by atoms with Crippen LogP contribution in [-0.2, 0) is 16.2 Å². The highest BCUT2D eigenvalue weighted by Crippen LogP contribution is 2.29. The number of amides is 2. The lowest BCUT2D eigenvalue weighted by atomic mass is 10.1. The molecule has 4 rings (SSSR count). The molecule has 0 unspecified atom stereocenters. The van der Waals surface area contributed by atoms with Crippen molar-refractivity contribution >= 4 is 74.4 Å². The Kier molecular flexibility index (Phi) is 7.30. The van der Waals surface area contributed by atoms with E-state index in [2.05, 4.69) is 21.2 Å².